The van der Waals surface area contributed by atoms with Crippen molar-refractivity contribution in [2.45, 2.75) is 19.8 Å². The monoisotopic (exact) mass is 379 g/mol. The van der Waals surface area contributed by atoms with Crippen molar-refractivity contribution in [3.8, 4) is 11.8 Å². The predicted molar refractivity (Wildman–Crippen MR) is 114 cm³/mol. The summed E-state index contributed by atoms with van der Waals surface area (Å²) in [6.45, 7) is 2.48. The maximum Gasteiger partial charge on any atom is 0.261 e. The molecule has 1 aliphatic heterocycles. The summed E-state index contributed by atoms with van der Waals surface area (Å²) in [7, 11) is 0. The Morgan fingerprint density at radius 3 is 2.10 bits per heavy atom. The van der Waals surface area contributed by atoms with Crippen molar-refractivity contribution >= 4 is 11.8 Å². The summed E-state index contributed by atoms with van der Waals surface area (Å²) in [5.74, 6) is 6.02. The van der Waals surface area contributed by atoms with E-state index in [1.165, 1.54) is 10.5 Å². The van der Waals surface area contributed by atoms with E-state index in [0.29, 0.717) is 17.7 Å². The van der Waals surface area contributed by atoms with Crippen LogP contribution in [0.2, 0.25) is 0 Å². The average molecular weight is 379 g/mol. The van der Waals surface area contributed by atoms with E-state index in [1.807, 2.05) is 24.3 Å². The summed E-state index contributed by atoms with van der Waals surface area (Å²) in [4.78, 5) is 26.2. The van der Waals surface area contributed by atoms with E-state index in [1.54, 1.807) is 24.3 Å². The second-order valence-corrected chi connectivity index (χ2v) is 7.23. The molecule has 0 spiro atoms. The van der Waals surface area contributed by atoms with Gasteiger partial charge in [-0.05, 0) is 61.7 Å². The van der Waals surface area contributed by atoms with Gasteiger partial charge in [0, 0.05) is 17.7 Å². The Labute approximate surface area is 171 Å². The highest BCUT2D eigenvalue weighted by Crippen LogP contribution is 2.22. The second-order valence-electron chi connectivity index (χ2n) is 7.23. The van der Waals surface area contributed by atoms with Crippen molar-refractivity contribution in [3.63, 3.8) is 0 Å². The lowest BCUT2D eigenvalue weighted by atomic mass is 10.1. The predicted octanol–water partition coefficient (Wildman–Crippen LogP) is 4.62. The minimum absolute atomic E-state index is 0.191. The van der Waals surface area contributed by atoms with Gasteiger partial charge in [-0.25, -0.2) is 0 Å². The first-order valence-corrected chi connectivity index (χ1v) is 9.75. The molecule has 0 fully saturated rings. The number of carbonyl (C=O) groups excluding carboxylic acids is 2. The zero-order valence-corrected chi connectivity index (χ0v) is 16.3. The van der Waals surface area contributed by atoms with Crippen LogP contribution in [-0.2, 0) is 6.42 Å². The van der Waals surface area contributed by atoms with Gasteiger partial charge < -0.3 is 0 Å². The molecule has 142 valence electrons. The Bertz CT molecular complexity index is 1100. The first-order chi connectivity index (χ1) is 14.1. The van der Waals surface area contributed by atoms with Gasteiger partial charge in [-0.3, -0.25) is 14.5 Å². The Balaban J connectivity index is 1.38. The lowest BCUT2D eigenvalue weighted by molar-refractivity contribution is 0.0652. The standard InChI is InChI=1S/C26H21NO2/c1-19-11-13-20(14-12-19)15-16-22-7-4-6-21(18-22)8-5-17-27-25(28)23-9-2-3-10-24(23)26(27)29/h2-4,6-7,9-14,18H,5,8,17H2,1H3. The molecular formula is C26H21NO2. The number of hydrogen-bond donors (Lipinski definition) is 0. The number of rotatable bonds is 4. The second kappa shape index (κ2) is 8.16. The summed E-state index contributed by atoms with van der Waals surface area (Å²) in [6.07, 6.45) is 1.51. The molecule has 0 radical (unpaired) electrons. The third kappa shape index (κ3) is 4.12. The fraction of sp³-hybridized carbons (Fsp3) is 0.154. The first kappa shape index (κ1) is 18.7. The Morgan fingerprint density at radius 2 is 1.41 bits per heavy atom. The molecule has 2 amide bonds. The molecule has 0 N–H and O–H groups in total. The molecule has 3 nitrogen and oxygen atoms in total. The van der Waals surface area contributed by atoms with Gasteiger partial charge in [0.25, 0.3) is 11.8 Å². The number of fused-ring (bicyclic) bond motifs is 1. The van der Waals surface area contributed by atoms with Crippen LogP contribution in [0.5, 0.6) is 0 Å². The summed E-state index contributed by atoms with van der Waals surface area (Å²) >= 11 is 0. The molecule has 3 aromatic rings. The number of imide groups is 1. The number of nitrogens with zero attached hydrogens (tertiary/aromatic N) is 1. The lowest BCUT2D eigenvalue weighted by Crippen LogP contribution is -2.30. The molecule has 0 saturated carbocycles. The van der Waals surface area contributed by atoms with Crippen molar-refractivity contribution in [1.82, 2.24) is 4.90 Å². The molecule has 3 heteroatoms. The number of carbonyl (C=O) groups is 2. The maximum absolute atomic E-state index is 12.4. The van der Waals surface area contributed by atoms with E-state index >= 15 is 0 Å². The van der Waals surface area contributed by atoms with Crippen LogP contribution in [0.1, 0.15) is 49.4 Å². The van der Waals surface area contributed by atoms with Crippen LogP contribution in [0.4, 0.5) is 0 Å². The zero-order chi connectivity index (χ0) is 20.2. The van der Waals surface area contributed by atoms with E-state index in [-0.39, 0.29) is 11.8 Å². The largest absolute Gasteiger partial charge is 0.274 e. The fourth-order valence-electron chi connectivity index (χ4n) is 3.47. The van der Waals surface area contributed by atoms with E-state index in [2.05, 4.69) is 43.0 Å². The molecule has 0 bridgehead atoms. The molecule has 4 rings (SSSR count). The first-order valence-electron chi connectivity index (χ1n) is 9.75. The average Bonchev–Trinajstić information content (AvgIpc) is 2.99. The van der Waals surface area contributed by atoms with Crippen molar-refractivity contribution in [1.29, 1.82) is 0 Å². The normalized spacial score (nSPS) is 12.5. The minimum Gasteiger partial charge on any atom is -0.274 e. The van der Waals surface area contributed by atoms with Gasteiger partial charge in [-0.1, -0.05) is 53.8 Å². The number of amides is 2. The summed E-state index contributed by atoms with van der Waals surface area (Å²) < 4.78 is 0. The smallest absolute Gasteiger partial charge is 0.261 e. The molecule has 29 heavy (non-hydrogen) atoms. The summed E-state index contributed by atoms with van der Waals surface area (Å²) in [5.41, 5.74) is 5.33. The van der Waals surface area contributed by atoms with Crippen molar-refractivity contribution in [2.75, 3.05) is 6.54 Å². The van der Waals surface area contributed by atoms with Gasteiger partial charge in [-0.2, -0.15) is 0 Å². The van der Waals surface area contributed by atoms with E-state index in [9.17, 15) is 9.59 Å². The van der Waals surface area contributed by atoms with E-state index in [4.69, 9.17) is 0 Å². The van der Waals surface area contributed by atoms with E-state index < -0.39 is 0 Å². The SMILES string of the molecule is Cc1ccc(C#Cc2cccc(CCCN3C(=O)c4ccccc4C3=O)c2)cc1. The van der Waals surface area contributed by atoms with Crippen LogP contribution >= 0.6 is 0 Å². The summed E-state index contributed by atoms with van der Waals surface area (Å²) in [5, 5.41) is 0. The minimum atomic E-state index is -0.191. The highest BCUT2D eigenvalue weighted by Gasteiger charge is 2.34. The number of benzene rings is 3. The zero-order valence-electron chi connectivity index (χ0n) is 16.3. The van der Waals surface area contributed by atoms with Crippen LogP contribution in [0.3, 0.4) is 0 Å². The highest BCUT2D eigenvalue weighted by atomic mass is 16.2. The van der Waals surface area contributed by atoms with Crippen LogP contribution < -0.4 is 0 Å². The Morgan fingerprint density at radius 1 is 0.759 bits per heavy atom. The topological polar surface area (TPSA) is 37.4 Å². The third-order valence-electron chi connectivity index (χ3n) is 5.06. The van der Waals surface area contributed by atoms with Crippen LogP contribution in [0.15, 0.2) is 72.8 Å². The molecule has 0 unspecified atom stereocenters. The molecule has 1 heterocycles. The number of hydrogen-bond acceptors (Lipinski definition) is 2. The van der Waals surface area contributed by atoms with Gasteiger partial charge in [0.15, 0.2) is 0 Å². The summed E-state index contributed by atoms with van der Waals surface area (Å²) in [6, 6.07) is 23.3. The van der Waals surface area contributed by atoms with E-state index in [0.717, 1.165) is 29.5 Å². The van der Waals surface area contributed by atoms with Gasteiger partial charge in [-0.15, -0.1) is 0 Å². The number of aryl methyl sites for hydroxylation is 2. The van der Waals surface area contributed by atoms with Gasteiger partial charge >= 0.3 is 0 Å². The molecule has 0 atom stereocenters. The molecule has 1 aliphatic rings. The molecule has 0 aromatic heterocycles. The maximum atomic E-state index is 12.4. The van der Waals surface area contributed by atoms with Crippen molar-refractivity contribution < 1.29 is 9.59 Å². The van der Waals surface area contributed by atoms with Crippen LogP contribution in [-0.4, -0.2) is 23.3 Å². The lowest BCUT2D eigenvalue weighted by Gasteiger charge is -2.13. The molecule has 3 aromatic carbocycles. The van der Waals surface area contributed by atoms with Gasteiger partial charge in [0.05, 0.1) is 11.1 Å². The Hall–Kier alpha value is -3.64. The molecule has 0 aliphatic carbocycles. The van der Waals surface area contributed by atoms with Crippen molar-refractivity contribution in [2.24, 2.45) is 0 Å². The van der Waals surface area contributed by atoms with Crippen molar-refractivity contribution in [3.05, 3.63) is 106 Å². The van der Waals surface area contributed by atoms with Gasteiger partial charge in [0.2, 0.25) is 0 Å². The molecule has 0 saturated heterocycles. The molecular weight excluding hydrogens is 358 g/mol. The van der Waals surface area contributed by atoms with Gasteiger partial charge in [0.1, 0.15) is 0 Å². The third-order valence-corrected chi connectivity index (χ3v) is 5.06. The quantitative estimate of drug-likeness (QED) is 0.490. The highest BCUT2D eigenvalue weighted by molar-refractivity contribution is 6.21. The fourth-order valence-corrected chi connectivity index (χ4v) is 3.47. The van der Waals surface area contributed by atoms with Crippen LogP contribution in [0.25, 0.3) is 0 Å². The van der Waals surface area contributed by atoms with Crippen LogP contribution in [0, 0.1) is 18.8 Å². The Kier molecular flexibility index (Phi) is 5.27.